The minimum absolute atomic E-state index is 0.136. The molecule has 0 N–H and O–H groups in total. The van der Waals surface area contributed by atoms with Crippen LogP contribution in [0.15, 0.2) is 30.3 Å². The number of fused-ring (bicyclic) bond motifs is 1. The van der Waals surface area contributed by atoms with Crippen LogP contribution in [-0.2, 0) is 16.0 Å². The topological polar surface area (TPSA) is 71.1 Å². The highest BCUT2D eigenvalue weighted by atomic mass is 16.6. The summed E-state index contributed by atoms with van der Waals surface area (Å²) < 4.78 is 23.0. The van der Waals surface area contributed by atoms with Crippen molar-refractivity contribution in [2.45, 2.75) is 52.6 Å². The van der Waals surface area contributed by atoms with Crippen LogP contribution in [0.1, 0.15) is 56.5 Å². The van der Waals surface area contributed by atoms with Gasteiger partial charge in [-0.05, 0) is 49.4 Å². The van der Waals surface area contributed by atoms with Gasteiger partial charge < -0.3 is 18.9 Å². The second-order valence-corrected chi connectivity index (χ2v) is 9.09. The van der Waals surface area contributed by atoms with Gasteiger partial charge in [-0.2, -0.15) is 0 Å². The van der Waals surface area contributed by atoms with Gasteiger partial charge in [0.15, 0.2) is 17.3 Å². The molecule has 2 aromatic carbocycles. The highest BCUT2D eigenvalue weighted by molar-refractivity contribution is 6.01. The molecule has 2 aromatic rings. The lowest BCUT2D eigenvalue weighted by atomic mass is 9.99. The predicted octanol–water partition coefficient (Wildman–Crippen LogP) is 5.25. The average Bonchev–Trinajstić information content (AvgIpc) is 3.10. The van der Waals surface area contributed by atoms with Crippen LogP contribution in [0.4, 0.5) is 0 Å². The number of carbonyl (C=O) groups excluding carboxylic acids is 2. The standard InChI is InChI=1S/C26H32O6/c1-16(2)13-23(28)32-26(3,4)15-31-24-20(10-12-22(29-5)25(24)30-6)18-7-9-19-17(14-18)8-11-21(19)27/h7,9-10,12,14,16H,8,11,13,15H2,1-6H3. The maximum atomic E-state index is 12.2. The minimum atomic E-state index is -0.832. The van der Waals surface area contributed by atoms with Crippen molar-refractivity contribution < 1.29 is 28.5 Å². The van der Waals surface area contributed by atoms with Crippen LogP contribution in [0, 0.1) is 5.92 Å². The third-order valence-corrected chi connectivity index (χ3v) is 5.37. The van der Waals surface area contributed by atoms with Gasteiger partial charge in [0.05, 0.1) is 14.2 Å². The van der Waals surface area contributed by atoms with Gasteiger partial charge in [0.25, 0.3) is 0 Å². The van der Waals surface area contributed by atoms with Crippen molar-refractivity contribution in [3.63, 3.8) is 0 Å². The van der Waals surface area contributed by atoms with E-state index in [0.29, 0.717) is 30.1 Å². The van der Waals surface area contributed by atoms with Gasteiger partial charge in [0.1, 0.15) is 12.2 Å². The first-order valence-electron chi connectivity index (χ1n) is 10.9. The largest absolute Gasteiger partial charge is 0.493 e. The average molecular weight is 441 g/mol. The summed E-state index contributed by atoms with van der Waals surface area (Å²) in [5, 5.41) is 0. The highest BCUT2D eigenvalue weighted by Gasteiger charge is 2.27. The maximum Gasteiger partial charge on any atom is 0.306 e. The quantitative estimate of drug-likeness (QED) is 0.496. The molecule has 0 radical (unpaired) electrons. The molecule has 0 fully saturated rings. The Kier molecular flexibility index (Phi) is 7.12. The predicted molar refractivity (Wildman–Crippen MR) is 123 cm³/mol. The summed E-state index contributed by atoms with van der Waals surface area (Å²) in [5.74, 6) is 1.65. The molecule has 6 nitrogen and oxygen atoms in total. The Morgan fingerprint density at radius 2 is 1.72 bits per heavy atom. The Balaban J connectivity index is 1.93. The summed E-state index contributed by atoms with van der Waals surface area (Å²) in [6.45, 7) is 7.72. The highest BCUT2D eigenvalue weighted by Crippen LogP contribution is 2.45. The molecule has 0 saturated carbocycles. The third kappa shape index (κ3) is 5.23. The fraction of sp³-hybridized carbons (Fsp3) is 0.462. The van der Waals surface area contributed by atoms with Crippen LogP contribution in [0.3, 0.4) is 0 Å². The summed E-state index contributed by atoms with van der Waals surface area (Å²) in [6, 6.07) is 9.56. The van der Waals surface area contributed by atoms with Crippen LogP contribution in [0.25, 0.3) is 11.1 Å². The molecular formula is C26H32O6. The lowest BCUT2D eigenvalue weighted by Gasteiger charge is -2.27. The van der Waals surface area contributed by atoms with E-state index in [9.17, 15) is 9.59 Å². The molecule has 0 saturated heterocycles. The maximum absolute atomic E-state index is 12.2. The molecule has 0 bridgehead atoms. The van der Waals surface area contributed by atoms with Gasteiger partial charge in [-0.15, -0.1) is 0 Å². The molecule has 0 unspecified atom stereocenters. The zero-order valence-electron chi connectivity index (χ0n) is 19.7. The summed E-state index contributed by atoms with van der Waals surface area (Å²) in [4.78, 5) is 24.2. The zero-order valence-corrected chi connectivity index (χ0v) is 19.7. The molecule has 0 amide bonds. The van der Waals surface area contributed by atoms with Crippen molar-refractivity contribution in [3.8, 4) is 28.4 Å². The van der Waals surface area contributed by atoms with E-state index in [1.165, 1.54) is 0 Å². The van der Waals surface area contributed by atoms with E-state index in [2.05, 4.69) is 0 Å². The Labute approximate surface area is 189 Å². The van der Waals surface area contributed by atoms with E-state index in [4.69, 9.17) is 18.9 Å². The molecule has 1 aliphatic rings. The Morgan fingerprint density at radius 3 is 2.38 bits per heavy atom. The van der Waals surface area contributed by atoms with Crippen LogP contribution in [-0.4, -0.2) is 38.2 Å². The number of hydrogen-bond donors (Lipinski definition) is 0. The summed E-state index contributed by atoms with van der Waals surface area (Å²) in [7, 11) is 3.13. The number of aryl methyl sites for hydroxylation is 1. The fourth-order valence-electron chi connectivity index (χ4n) is 3.85. The first-order chi connectivity index (χ1) is 15.1. The smallest absolute Gasteiger partial charge is 0.306 e. The molecule has 0 heterocycles. The number of Topliss-reactive ketones (excluding diaryl/α,β-unsaturated/α-hetero) is 1. The summed E-state index contributed by atoms with van der Waals surface area (Å²) in [6.07, 6.45) is 1.64. The first kappa shape index (κ1) is 23.6. The van der Waals surface area contributed by atoms with Crippen molar-refractivity contribution in [2.75, 3.05) is 20.8 Å². The van der Waals surface area contributed by atoms with Gasteiger partial charge in [0, 0.05) is 24.0 Å². The van der Waals surface area contributed by atoms with Crippen molar-refractivity contribution in [1.29, 1.82) is 0 Å². The van der Waals surface area contributed by atoms with E-state index >= 15 is 0 Å². The first-order valence-corrected chi connectivity index (χ1v) is 10.9. The van der Waals surface area contributed by atoms with Crippen LogP contribution in [0.5, 0.6) is 17.2 Å². The molecule has 0 atom stereocenters. The van der Waals surface area contributed by atoms with Crippen molar-refractivity contribution in [3.05, 3.63) is 41.5 Å². The second kappa shape index (κ2) is 9.63. The number of esters is 1. The number of ether oxygens (including phenoxy) is 4. The molecular weight excluding hydrogens is 408 g/mol. The fourth-order valence-corrected chi connectivity index (χ4v) is 3.85. The Hall–Kier alpha value is -3.02. The van der Waals surface area contributed by atoms with Crippen molar-refractivity contribution in [1.82, 2.24) is 0 Å². The lowest BCUT2D eigenvalue weighted by molar-refractivity contribution is -0.160. The molecule has 6 heteroatoms. The number of benzene rings is 2. The third-order valence-electron chi connectivity index (χ3n) is 5.37. The van der Waals surface area contributed by atoms with E-state index in [-0.39, 0.29) is 24.3 Å². The molecule has 3 rings (SSSR count). The molecule has 1 aliphatic carbocycles. The van der Waals surface area contributed by atoms with Gasteiger partial charge in [-0.3, -0.25) is 9.59 Å². The van der Waals surface area contributed by atoms with E-state index in [0.717, 1.165) is 28.7 Å². The van der Waals surface area contributed by atoms with Gasteiger partial charge >= 0.3 is 5.97 Å². The van der Waals surface area contributed by atoms with E-state index in [1.807, 2.05) is 58.0 Å². The molecule has 0 aliphatic heterocycles. The number of ketones is 1. The Bertz CT molecular complexity index is 1010. The van der Waals surface area contributed by atoms with Gasteiger partial charge in [0.2, 0.25) is 5.75 Å². The summed E-state index contributed by atoms with van der Waals surface area (Å²) in [5.41, 5.74) is 2.73. The van der Waals surface area contributed by atoms with Crippen molar-refractivity contribution in [2.24, 2.45) is 5.92 Å². The summed E-state index contributed by atoms with van der Waals surface area (Å²) >= 11 is 0. The van der Waals surface area contributed by atoms with E-state index < -0.39 is 5.60 Å². The molecule has 0 spiro atoms. The normalized spacial score (nSPS) is 13.2. The van der Waals surface area contributed by atoms with E-state index in [1.54, 1.807) is 14.2 Å². The zero-order chi connectivity index (χ0) is 23.5. The second-order valence-electron chi connectivity index (χ2n) is 9.09. The van der Waals surface area contributed by atoms with Crippen LogP contribution >= 0.6 is 0 Å². The number of rotatable bonds is 9. The lowest BCUT2D eigenvalue weighted by Crippen LogP contribution is -2.35. The number of methoxy groups -OCH3 is 2. The van der Waals surface area contributed by atoms with Gasteiger partial charge in [-0.25, -0.2) is 0 Å². The monoisotopic (exact) mass is 440 g/mol. The van der Waals surface area contributed by atoms with Crippen LogP contribution in [0.2, 0.25) is 0 Å². The van der Waals surface area contributed by atoms with Crippen LogP contribution < -0.4 is 14.2 Å². The van der Waals surface area contributed by atoms with Gasteiger partial charge in [-0.1, -0.05) is 32.0 Å². The SMILES string of the molecule is COc1ccc(-c2ccc3c(c2)CCC3=O)c(OCC(C)(C)OC(=O)CC(C)C)c1OC. The number of carbonyl (C=O) groups is 2. The van der Waals surface area contributed by atoms with Crippen molar-refractivity contribution >= 4 is 11.8 Å². The molecule has 32 heavy (non-hydrogen) atoms. The molecule has 172 valence electrons. The minimum Gasteiger partial charge on any atom is -0.493 e. The Morgan fingerprint density at radius 1 is 1.00 bits per heavy atom. The molecule has 0 aromatic heterocycles. The number of hydrogen-bond acceptors (Lipinski definition) is 6.